The van der Waals surface area contributed by atoms with Crippen LogP contribution in [0.5, 0.6) is 0 Å². The number of nitrogens with zero attached hydrogens (tertiary/aromatic N) is 1. The summed E-state index contributed by atoms with van der Waals surface area (Å²) in [6.07, 6.45) is 2.33. The fourth-order valence-corrected chi connectivity index (χ4v) is 2.43. The number of anilines is 1. The molecule has 1 amide bonds. The monoisotopic (exact) mass is 349 g/mol. The molecule has 0 unspecified atom stereocenters. The highest BCUT2D eigenvalue weighted by molar-refractivity contribution is 9.13. The molecule has 2 nitrogen and oxygen atoms in total. The SMILES string of the molecule is O=C1CCCCN1c1ccc(Br)c(Br)c1F. The van der Waals surface area contributed by atoms with Gasteiger partial charge in [-0.3, -0.25) is 4.79 Å². The van der Waals surface area contributed by atoms with Gasteiger partial charge in [0.15, 0.2) is 5.82 Å². The smallest absolute Gasteiger partial charge is 0.227 e. The van der Waals surface area contributed by atoms with Gasteiger partial charge in [-0.05, 0) is 56.8 Å². The van der Waals surface area contributed by atoms with Gasteiger partial charge in [0.1, 0.15) is 0 Å². The molecule has 1 aliphatic rings. The third kappa shape index (κ3) is 2.15. The highest BCUT2D eigenvalue weighted by atomic mass is 79.9. The molecule has 0 aromatic heterocycles. The zero-order valence-corrected chi connectivity index (χ0v) is 11.6. The lowest BCUT2D eigenvalue weighted by Crippen LogP contribution is -2.35. The summed E-state index contributed by atoms with van der Waals surface area (Å²) in [5.41, 5.74) is 0.361. The van der Waals surface area contributed by atoms with E-state index in [1.807, 2.05) is 0 Å². The molecule has 0 N–H and O–H groups in total. The molecule has 16 heavy (non-hydrogen) atoms. The number of hydrogen-bond acceptors (Lipinski definition) is 1. The summed E-state index contributed by atoms with van der Waals surface area (Å²) < 4.78 is 15.0. The first-order valence-corrected chi connectivity index (χ1v) is 6.63. The van der Waals surface area contributed by atoms with Crippen LogP contribution in [-0.4, -0.2) is 12.5 Å². The number of carbonyl (C=O) groups is 1. The second-order valence-electron chi connectivity index (χ2n) is 3.70. The lowest BCUT2D eigenvalue weighted by atomic mass is 10.1. The number of benzene rings is 1. The zero-order valence-electron chi connectivity index (χ0n) is 8.47. The molecule has 0 spiro atoms. The van der Waals surface area contributed by atoms with E-state index in [-0.39, 0.29) is 11.7 Å². The van der Waals surface area contributed by atoms with E-state index in [9.17, 15) is 9.18 Å². The Morgan fingerprint density at radius 1 is 1.25 bits per heavy atom. The summed E-state index contributed by atoms with van der Waals surface area (Å²) in [4.78, 5) is 13.2. The molecule has 1 saturated heterocycles. The number of rotatable bonds is 1. The Bertz CT molecular complexity index is 436. The minimum atomic E-state index is -0.385. The fraction of sp³-hybridized carbons (Fsp3) is 0.364. The molecule has 0 atom stereocenters. The molecular weight excluding hydrogens is 341 g/mol. The van der Waals surface area contributed by atoms with Crippen LogP contribution < -0.4 is 4.90 Å². The van der Waals surface area contributed by atoms with Crippen molar-refractivity contribution in [3.63, 3.8) is 0 Å². The highest BCUT2D eigenvalue weighted by Gasteiger charge is 2.23. The van der Waals surface area contributed by atoms with Crippen molar-refractivity contribution in [2.24, 2.45) is 0 Å². The maximum Gasteiger partial charge on any atom is 0.227 e. The lowest BCUT2D eigenvalue weighted by Gasteiger charge is -2.27. The van der Waals surface area contributed by atoms with Crippen molar-refractivity contribution in [3.05, 3.63) is 26.9 Å². The maximum atomic E-state index is 13.9. The van der Waals surface area contributed by atoms with Crippen molar-refractivity contribution >= 4 is 43.5 Å². The van der Waals surface area contributed by atoms with E-state index in [4.69, 9.17) is 0 Å². The van der Waals surface area contributed by atoms with Crippen LogP contribution in [0.1, 0.15) is 19.3 Å². The maximum absolute atomic E-state index is 13.9. The van der Waals surface area contributed by atoms with Crippen molar-refractivity contribution in [1.82, 2.24) is 0 Å². The zero-order chi connectivity index (χ0) is 11.7. The van der Waals surface area contributed by atoms with Crippen LogP contribution in [-0.2, 0) is 4.79 Å². The summed E-state index contributed by atoms with van der Waals surface area (Å²) in [6, 6.07) is 3.37. The van der Waals surface area contributed by atoms with Crippen molar-refractivity contribution in [2.45, 2.75) is 19.3 Å². The van der Waals surface area contributed by atoms with Crippen LogP contribution >= 0.6 is 31.9 Å². The summed E-state index contributed by atoms with van der Waals surface area (Å²) in [5, 5.41) is 0. The number of piperidine rings is 1. The Morgan fingerprint density at radius 3 is 2.69 bits per heavy atom. The van der Waals surface area contributed by atoms with Crippen LogP contribution in [0.2, 0.25) is 0 Å². The molecular formula is C11H10Br2FNO. The van der Waals surface area contributed by atoms with Crippen molar-refractivity contribution in [2.75, 3.05) is 11.4 Å². The molecule has 0 radical (unpaired) electrons. The van der Waals surface area contributed by atoms with Gasteiger partial charge in [0.05, 0.1) is 10.2 Å². The first kappa shape index (κ1) is 12.0. The van der Waals surface area contributed by atoms with Gasteiger partial charge >= 0.3 is 0 Å². The molecule has 1 aromatic carbocycles. The standard InChI is InChI=1S/C11H10Br2FNO/c12-7-4-5-8(11(14)10(7)13)15-6-2-1-3-9(15)16/h4-5H,1-3,6H2. The van der Waals surface area contributed by atoms with E-state index in [0.717, 1.165) is 12.8 Å². The predicted octanol–water partition coefficient (Wildman–Crippen LogP) is 3.87. The Hall–Kier alpha value is -0.420. The number of hydrogen-bond donors (Lipinski definition) is 0. The van der Waals surface area contributed by atoms with E-state index in [1.54, 1.807) is 12.1 Å². The van der Waals surface area contributed by atoms with E-state index in [1.165, 1.54) is 4.90 Å². The Kier molecular flexibility index (Phi) is 3.64. The summed E-state index contributed by atoms with van der Waals surface area (Å²) in [5.74, 6) is -0.385. The Balaban J connectivity index is 2.40. The molecule has 0 bridgehead atoms. The number of amides is 1. The van der Waals surface area contributed by atoms with Crippen molar-refractivity contribution < 1.29 is 9.18 Å². The molecule has 2 rings (SSSR count). The summed E-state index contributed by atoms with van der Waals surface area (Å²) in [6.45, 7) is 0.601. The average Bonchev–Trinajstić information content (AvgIpc) is 2.28. The second-order valence-corrected chi connectivity index (χ2v) is 5.34. The number of carbonyl (C=O) groups excluding carboxylic acids is 1. The lowest BCUT2D eigenvalue weighted by molar-refractivity contribution is -0.119. The third-order valence-corrected chi connectivity index (χ3v) is 4.60. The summed E-state index contributed by atoms with van der Waals surface area (Å²) >= 11 is 6.39. The van der Waals surface area contributed by atoms with Gasteiger partial charge in [-0.1, -0.05) is 0 Å². The topological polar surface area (TPSA) is 20.3 Å². The van der Waals surface area contributed by atoms with Crippen LogP contribution in [0, 0.1) is 5.82 Å². The predicted molar refractivity (Wildman–Crippen MR) is 68.0 cm³/mol. The largest absolute Gasteiger partial charge is 0.310 e. The van der Waals surface area contributed by atoms with E-state index in [0.29, 0.717) is 27.6 Å². The van der Waals surface area contributed by atoms with Crippen LogP contribution in [0.15, 0.2) is 21.1 Å². The Morgan fingerprint density at radius 2 is 2.00 bits per heavy atom. The first-order chi connectivity index (χ1) is 7.61. The van der Waals surface area contributed by atoms with Crippen LogP contribution in [0.3, 0.4) is 0 Å². The van der Waals surface area contributed by atoms with Gasteiger partial charge < -0.3 is 4.90 Å². The molecule has 1 heterocycles. The quantitative estimate of drug-likeness (QED) is 0.704. The molecule has 86 valence electrons. The van der Waals surface area contributed by atoms with Crippen molar-refractivity contribution in [3.8, 4) is 0 Å². The van der Waals surface area contributed by atoms with E-state index in [2.05, 4.69) is 31.9 Å². The minimum absolute atomic E-state index is 0.000581. The molecule has 0 saturated carbocycles. The molecule has 1 fully saturated rings. The van der Waals surface area contributed by atoms with Crippen LogP contribution in [0.4, 0.5) is 10.1 Å². The van der Waals surface area contributed by atoms with Gasteiger partial charge in [0.2, 0.25) is 5.91 Å². The Labute approximate surface area is 110 Å². The molecule has 1 aliphatic heterocycles. The summed E-state index contributed by atoms with van der Waals surface area (Å²) in [7, 11) is 0. The molecule has 0 aliphatic carbocycles. The van der Waals surface area contributed by atoms with E-state index >= 15 is 0 Å². The number of halogens is 3. The fourth-order valence-electron chi connectivity index (χ4n) is 1.78. The van der Waals surface area contributed by atoms with Gasteiger partial charge in [0.25, 0.3) is 0 Å². The van der Waals surface area contributed by atoms with Crippen molar-refractivity contribution in [1.29, 1.82) is 0 Å². The molecule has 1 aromatic rings. The van der Waals surface area contributed by atoms with Crippen LogP contribution in [0.25, 0.3) is 0 Å². The van der Waals surface area contributed by atoms with Gasteiger partial charge in [-0.2, -0.15) is 0 Å². The first-order valence-electron chi connectivity index (χ1n) is 5.05. The minimum Gasteiger partial charge on any atom is -0.310 e. The van der Waals surface area contributed by atoms with E-state index < -0.39 is 0 Å². The van der Waals surface area contributed by atoms with Gasteiger partial charge in [-0.15, -0.1) is 0 Å². The molecule has 5 heteroatoms. The average molecular weight is 351 g/mol. The normalized spacial score (nSPS) is 16.7. The third-order valence-electron chi connectivity index (χ3n) is 2.63. The second kappa shape index (κ2) is 4.84. The highest BCUT2D eigenvalue weighted by Crippen LogP contribution is 2.33. The van der Waals surface area contributed by atoms with Gasteiger partial charge in [-0.25, -0.2) is 4.39 Å². The van der Waals surface area contributed by atoms with Gasteiger partial charge in [0, 0.05) is 17.4 Å².